The molecule has 26 heavy (non-hydrogen) atoms. The molecule has 8 heteroatoms. The predicted molar refractivity (Wildman–Crippen MR) is 101 cm³/mol. The number of benzene rings is 1. The van der Waals surface area contributed by atoms with Gasteiger partial charge in [-0.15, -0.1) is 0 Å². The van der Waals surface area contributed by atoms with Gasteiger partial charge in [-0.3, -0.25) is 4.90 Å². The van der Waals surface area contributed by atoms with E-state index in [9.17, 15) is 8.42 Å². The molecule has 0 bridgehead atoms. The van der Waals surface area contributed by atoms with Crippen LogP contribution in [0.2, 0.25) is 5.15 Å². The van der Waals surface area contributed by atoms with Crippen LogP contribution in [0.3, 0.4) is 0 Å². The maximum atomic E-state index is 12.6. The Bertz CT molecular complexity index is 837. The number of methoxy groups -OCH3 is 1. The van der Waals surface area contributed by atoms with Gasteiger partial charge in [0.2, 0.25) is 10.0 Å². The molecule has 140 valence electrons. The van der Waals surface area contributed by atoms with Crippen molar-refractivity contribution in [1.29, 1.82) is 0 Å². The van der Waals surface area contributed by atoms with Gasteiger partial charge in [-0.25, -0.2) is 18.1 Å². The van der Waals surface area contributed by atoms with E-state index >= 15 is 0 Å². The lowest BCUT2D eigenvalue weighted by Gasteiger charge is -2.29. The Hall–Kier alpha value is -1.67. The summed E-state index contributed by atoms with van der Waals surface area (Å²) in [5, 5.41) is 0.257. The SMILES string of the molecule is COc1ccccc1C(CNS(=O)(=O)c1ccc(Cl)nc1)N1CCCC1. The molecule has 1 aromatic carbocycles. The fraction of sp³-hybridized carbons (Fsp3) is 0.389. The topological polar surface area (TPSA) is 71.5 Å². The van der Waals surface area contributed by atoms with Gasteiger partial charge in [-0.1, -0.05) is 29.8 Å². The second kappa shape index (κ2) is 8.35. The van der Waals surface area contributed by atoms with Gasteiger partial charge in [0.1, 0.15) is 15.8 Å². The zero-order valence-electron chi connectivity index (χ0n) is 14.6. The fourth-order valence-corrected chi connectivity index (χ4v) is 4.32. The van der Waals surface area contributed by atoms with E-state index in [1.165, 1.54) is 18.3 Å². The Morgan fingerprint density at radius 1 is 1.23 bits per heavy atom. The number of nitrogens with one attached hydrogen (secondary N) is 1. The average molecular weight is 396 g/mol. The number of rotatable bonds is 7. The van der Waals surface area contributed by atoms with E-state index in [2.05, 4.69) is 14.6 Å². The van der Waals surface area contributed by atoms with E-state index < -0.39 is 10.0 Å². The lowest BCUT2D eigenvalue weighted by atomic mass is 10.0. The first-order valence-corrected chi connectivity index (χ1v) is 10.4. The summed E-state index contributed by atoms with van der Waals surface area (Å²) in [4.78, 5) is 6.24. The number of likely N-dealkylation sites (tertiary alicyclic amines) is 1. The monoisotopic (exact) mass is 395 g/mol. The van der Waals surface area contributed by atoms with Crippen molar-refractivity contribution in [2.45, 2.75) is 23.8 Å². The Morgan fingerprint density at radius 2 is 1.96 bits per heavy atom. The molecular formula is C18H22ClN3O3S. The van der Waals surface area contributed by atoms with Gasteiger partial charge in [-0.05, 0) is 44.1 Å². The summed E-state index contributed by atoms with van der Waals surface area (Å²) in [6.45, 7) is 2.13. The summed E-state index contributed by atoms with van der Waals surface area (Å²) < 4.78 is 33.4. The van der Waals surface area contributed by atoms with E-state index in [4.69, 9.17) is 16.3 Å². The second-order valence-corrected chi connectivity index (χ2v) is 8.32. The molecule has 0 aliphatic carbocycles. The van der Waals surface area contributed by atoms with Crippen LogP contribution in [0.4, 0.5) is 0 Å². The van der Waals surface area contributed by atoms with Gasteiger partial charge in [0.25, 0.3) is 0 Å². The highest BCUT2D eigenvalue weighted by atomic mass is 35.5. The van der Waals surface area contributed by atoms with E-state index in [-0.39, 0.29) is 22.6 Å². The Balaban J connectivity index is 1.83. The third kappa shape index (κ3) is 4.35. The highest BCUT2D eigenvalue weighted by Gasteiger charge is 2.27. The van der Waals surface area contributed by atoms with Crippen molar-refractivity contribution in [1.82, 2.24) is 14.6 Å². The number of para-hydroxylation sites is 1. The normalized spacial score (nSPS) is 16.5. The second-order valence-electron chi connectivity index (χ2n) is 6.17. The standard InChI is InChI=1S/C18H22ClN3O3S/c1-25-17-7-3-2-6-15(17)16(22-10-4-5-11-22)13-21-26(23,24)14-8-9-18(19)20-12-14/h2-3,6-9,12,16,21H,4-5,10-11,13H2,1H3. The van der Waals surface area contributed by atoms with Crippen LogP contribution in [0, 0.1) is 0 Å². The van der Waals surface area contributed by atoms with Crippen LogP contribution in [0.15, 0.2) is 47.5 Å². The van der Waals surface area contributed by atoms with Gasteiger partial charge in [-0.2, -0.15) is 0 Å². The van der Waals surface area contributed by atoms with Crippen LogP contribution in [-0.4, -0.2) is 45.0 Å². The average Bonchev–Trinajstić information content (AvgIpc) is 3.17. The molecule has 0 spiro atoms. The van der Waals surface area contributed by atoms with Crippen molar-refractivity contribution >= 4 is 21.6 Å². The Labute approximate surface area is 159 Å². The van der Waals surface area contributed by atoms with Crippen LogP contribution < -0.4 is 9.46 Å². The lowest BCUT2D eigenvalue weighted by Crippen LogP contribution is -2.37. The maximum absolute atomic E-state index is 12.6. The molecule has 0 saturated carbocycles. The summed E-state index contributed by atoms with van der Waals surface area (Å²) in [7, 11) is -2.04. The highest BCUT2D eigenvalue weighted by molar-refractivity contribution is 7.89. The minimum atomic E-state index is -3.67. The molecule has 1 aliphatic rings. The zero-order valence-corrected chi connectivity index (χ0v) is 16.1. The largest absolute Gasteiger partial charge is 0.496 e. The summed E-state index contributed by atoms with van der Waals surface area (Å²) in [6.07, 6.45) is 3.48. The first-order valence-electron chi connectivity index (χ1n) is 8.49. The summed E-state index contributed by atoms with van der Waals surface area (Å²) in [5.74, 6) is 0.761. The first kappa shape index (κ1) is 19.1. The molecule has 1 saturated heterocycles. The van der Waals surface area contributed by atoms with Gasteiger partial charge in [0.05, 0.1) is 13.2 Å². The Morgan fingerprint density at radius 3 is 2.62 bits per heavy atom. The molecule has 0 radical (unpaired) electrons. The van der Waals surface area contributed by atoms with E-state index in [0.29, 0.717) is 0 Å². The van der Waals surface area contributed by atoms with Crippen molar-refractivity contribution < 1.29 is 13.2 Å². The molecule has 3 rings (SSSR count). The molecule has 1 fully saturated rings. The maximum Gasteiger partial charge on any atom is 0.242 e. The van der Waals surface area contributed by atoms with Gasteiger partial charge >= 0.3 is 0 Å². The molecule has 1 unspecified atom stereocenters. The summed E-state index contributed by atoms with van der Waals surface area (Å²) >= 11 is 5.74. The molecule has 2 heterocycles. The van der Waals surface area contributed by atoms with E-state index in [1.54, 1.807) is 7.11 Å². The van der Waals surface area contributed by atoms with Crippen LogP contribution in [0.1, 0.15) is 24.4 Å². The van der Waals surface area contributed by atoms with E-state index in [0.717, 1.165) is 37.2 Å². The molecule has 1 atom stereocenters. The third-order valence-corrected chi connectivity index (χ3v) is 6.19. The molecular weight excluding hydrogens is 374 g/mol. The number of halogens is 1. The highest BCUT2D eigenvalue weighted by Crippen LogP contribution is 2.31. The van der Waals surface area contributed by atoms with Crippen molar-refractivity contribution in [3.63, 3.8) is 0 Å². The van der Waals surface area contributed by atoms with Crippen molar-refractivity contribution in [3.05, 3.63) is 53.3 Å². The van der Waals surface area contributed by atoms with Gasteiger partial charge < -0.3 is 4.74 Å². The summed E-state index contributed by atoms with van der Waals surface area (Å²) in [6, 6.07) is 10.6. The number of hydrogen-bond donors (Lipinski definition) is 1. The van der Waals surface area contributed by atoms with Crippen molar-refractivity contribution in [2.75, 3.05) is 26.7 Å². The molecule has 1 aliphatic heterocycles. The quantitative estimate of drug-likeness (QED) is 0.730. The van der Waals surface area contributed by atoms with Gasteiger partial charge in [0.15, 0.2) is 0 Å². The molecule has 6 nitrogen and oxygen atoms in total. The van der Waals surface area contributed by atoms with Crippen LogP contribution >= 0.6 is 11.6 Å². The molecule has 2 aromatic rings. The molecule has 0 amide bonds. The molecule has 1 aromatic heterocycles. The predicted octanol–water partition coefficient (Wildman–Crippen LogP) is 2.86. The zero-order chi connectivity index (χ0) is 18.6. The van der Waals surface area contributed by atoms with Crippen molar-refractivity contribution in [3.8, 4) is 5.75 Å². The number of pyridine rings is 1. The fourth-order valence-electron chi connectivity index (χ4n) is 3.22. The third-order valence-electron chi connectivity index (χ3n) is 4.56. The van der Waals surface area contributed by atoms with Crippen LogP contribution in [0.25, 0.3) is 0 Å². The number of ether oxygens (including phenoxy) is 1. The number of nitrogens with zero attached hydrogens (tertiary/aromatic N) is 2. The number of sulfonamides is 1. The van der Waals surface area contributed by atoms with Crippen molar-refractivity contribution in [2.24, 2.45) is 0 Å². The summed E-state index contributed by atoms with van der Waals surface area (Å²) in [5.41, 5.74) is 0.980. The van der Waals surface area contributed by atoms with Crippen LogP contribution in [-0.2, 0) is 10.0 Å². The van der Waals surface area contributed by atoms with Crippen LogP contribution in [0.5, 0.6) is 5.75 Å². The van der Waals surface area contributed by atoms with E-state index in [1.807, 2.05) is 24.3 Å². The molecule has 1 N–H and O–H groups in total. The van der Waals surface area contributed by atoms with Gasteiger partial charge in [0, 0.05) is 18.3 Å². The number of hydrogen-bond acceptors (Lipinski definition) is 5. The minimum Gasteiger partial charge on any atom is -0.496 e. The number of aromatic nitrogens is 1. The smallest absolute Gasteiger partial charge is 0.242 e. The Kier molecular flexibility index (Phi) is 6.13. The first-order chi connectivity index (χ1) is 12.5. The lowest BCUT2D eigenvalue weighted by molar-refractivity contribution is 0.240. The minimum absolute atomic E-state index is 0.0938.